The summed E-state index contributed by atoms with van der Waals surface area (Å²) in [4.78, 5) is 29.3. The molecule has 0 aromatic rings. The SMILES string of the molecule is O[Si](O)(O)O.[H-].[Na+].[V]. The first kappa shape index (κ1) is 15.9. The maximum Gasteiger partial charge on any atom is 1.00 e. The number of rotatable bonds is 0. The predicted molar refractivity (Wildman–Crippen MR) is 15.7 cm³/mol. The van der Waals surface area contributed by atoms with Gasteiger partial charge in [0, 0.05) is 18.6 Å². The molecule has 0 aliphatic carbocycles. The molecule has 7 heavy (non-hydrogen) atoms. The zero-order valence-corrected chi connectivity index (χ0v) is 8.13. The molecule has 0 rings (SSSR count). The molecule has 0 spiro atoms. The zero-order chi connectivity index (χ0) is 4.50. The molecule has 0 bridgehead atoms. The van der Waals surface area contributed by atoms with Crippen LogP contribution >= 0.6 is 0 Å². The van der Waals surface area contributed by atoms with Gasteiger partial charge in [-0.3, -0.25) is 0 Å². The van der Waals surface area contributed by atoms with Crippen LogP contribution in [-0.4, -0.2) is 28.2 Å². The van der Waals surface area contributed by atoms with Crippen molar-refractivity contribution in [3.63, 3.8) is 0 Å². The fourth-order valence-electron chi connectivity index (χ4n) is 0. The summed E-state index contributed by atoms with van der Waals surface area (Å²) in [6.07, 6.45) is 0. The fourth-order valence-corrected chi connectivity index (χ4v) is 0. The maximum atomic E-state index is 7.33. The fraction of sp³-hybridized carbons (Fsp3) is 0. The van der Waals surface area contributed by atoms with Crippen LogP contribution in [0.4, 0.5) is 0 Å². The van der Waals surface area contributed by atoms with Gasteiger partial charge in [0.25, 0.3) is 0 Å². The van der Waals surface area contributed by atoms with E-state index >= 15 is 0 Å². The molecule has 4 nitrogen and oxygen atoms in total. The van der Waals surface area contributed by atoms with E-state index in [1.165, 1.54) is 0 Å². The smallest absolute Gasteiger partial charge is 1.00 e. The summed E-state index contributed by atoms with van der Waals surface area (Å²) in [7, 11) is -4.61. The van der Waals surface area contributed by atoms with E-state index in [4.69, 9.17) is 19.2 Å². The van der Waals surface area contributed by atoms with Crippen LogP contribution in [0.2, 0.25) is 0 Å². The van der Waals surface area contributed by atoms with Gasteiger partial charge in [-0.1, -0.05) is 0 Å². The van der Waals surface area contributed by atoms with Crippen LogP contribution in [-0.2, 0) is 18.6 Å². The Morgan fingerprint density at radius 2 is 1.00 bits per heavy atom. The number of hydrogen-bond acceptors (Lipinski definition) is 4. The molecule has 39 valence electrons. The molecule has 4 N–H and O–H groups in total. The number of hydrogen-bond donors (Lipinski definition) is 4. The van der Waals surface area contributed by atoms with Crippen LogP contribution in [0.15, 0.2) is 0 Å². The van der Waals surface area contributed by atoms with Gasteiger partial charge >= 0.3 is 38.6 Å². The van der Waals surface area contributed by atoms with Gasteiger partial charge in [0.05, 0.1) is 0 Å². The van der Waals surface area contributed by atoms with Gasteiger partial charge in [0.15, 0.2) is 0 Å². The van der Waals surface area contributed by atoms with Gasteiger partial charge in [-0.25, -0.2) is 0 Å². The predicted octanol–water partition coefficient (Wildman–Crippen LogP) is -5.49. The van der Waals surface area contributed by atoms with Gasteiger partial charge in [-0.15, -0.1) is 0 Å². The summed E-state index contributed by atoms with van der Waals surface area (Å²) in [6, 6.07) is 0. The summed E-state index contributed by atoms with van der Waals surface area (Å²) in [5.41, 5.74) is 0. The first-order valence-electron chi connectivity index (χ1n) is 0.894. The van der Waals surface area contributed by atoms with E-state index in [2.05, 4.69) is 0 Å². The quantitative estimate of drug-likeness (QED) is 0.274. The Labute approximate surface area is 77.3 Å². The van der Waals surface area contributed by atoms with E-state index in [1.807, 2.05) is 0 Å². The second-order valence-electron chi connectivity index (χ2n) is 0.600. The molecule has 0 heterocycles. The topological polar surface area (TPSA) is 80.9 Å². The first-order valence-corrected chi connectivity index (χ1v) is 2.68. The normalized spacial score (nSPS) is 8.57. The second kappa shape index (κ2) is 5.77. The largest absolute Gasteiger partial charge is 1.00 e. The van der Waals surface area contributed by atoms with E-state index in [9.17, 15) is 0 Å². The standard InChI is InChI=1S/Na.H4O4Si.V.H/c;1-5(2,3)4;;/h;1-4H;;/q+1;;;-1. The monoisotopic (exact) mass is 171 g/mol. The van der Waals surface area contributed by atoms with Crippen molar-refractivity contribution in [3.05, 3.63) is 0 Å². The molecular formula is H5NaO4SiV. The molecule has 0 aliphatic rings. The Balaban J connectivity index is -0.0000000267. The third-order valence-electron chi connectivity index (χ3n) is 0. The third-order valence-corrected chi connectivity index (χ3v) is 0. The van der Waals surface area contributed by atoms with Crippen molar-refractivity contribution in [2.24, 2.45) is 0 Å². The van der Waals surface area contributed by atoms with Crippen molar-refractivity contribution in [1.29, 1.82) is 0 Å². The molecule has 0 saturated carbocycles. The van der Waals surface area contributed by atoms with Crippen LogP contribution in [0, 0.1) is 0 Å². The summed E-state index contributed by atoms with van der Waals surface area (Å²) in [5, 5.41) is 0. The minimum Gasteiger partial charge on any atom is -1.00 e. The molecule has 0 amide bonds. The van der Waals surface area contributed by atoms with E-state index in [1.54, 1.807) is 0 Å². The van der Waals surface area contributed by atoms with Crippen LogP contribution < -0.4 is 29.6 Å². The van der Waals surface area contributed by atoms with Crippen molar-refractivity contribution >= 4 is 9.05 Å². The molecule has 1 radical (unpaired) electrons. The van der Waals surface area contributed by atoms with E-state index in [0.717, 1.165) is 0 Å². The minimum atomic E-state index is -4.61. The molecule has 0 unspecified atom stereocenters. The van der Waals surface area contributed by atoms with Crippen LogP contribution in [0.3, 0.4) is 0 Å². The van der Waals surface area contributed by atoms with E-state index in [0.29, 0.717) is 0 Å². The van der Waals surface area contributed by atoms with Gasteiger partial charge < -0.3 is 20.6 Å². The van der Waals surface area contributed by atoms with Gasteiger partial charge in [-0.05, 0) is 0 Å². The van der Waals surface area contributed by atoms with Crippen molar-refractivity contribution in [2.75, 3.05) is 0 Å². The molecule has 7 heteroatoms. The minimum absolute atomic E-state index is 0. The average molecular weight is 171 g/mol. The third kappa shape index (κ3) is 90.3. The molecule has 0 aromatic carbocycles. The zero-order valence-electron chi connectivity index (χ0n) is 4.74. The van der Waals surface area contributed by atoms with Gasteiger partial charge in [0.2, 0.25) is 0 Å². The Hall–Kier alpha value is 1.64. The Morgan fingerprint density at radius 1 is 1.00 bits per heavy atom. The average Bonchev–Trinajstić information content (AvgIpc) is 0.722. The van der Waals surface area contributed by atoms with Crippen molar-refractivity contribution in [1.82, 2.24) is 0 Å². The summed E-state index contributed by atoms with van der Waals surface area (Å²) < 4.78 is 0. The van der Waals surface area contributed by atoms with Crippen molar-refractivity contribution in [2.45, 2.75) is 0 Å². The second-order valence-corrected chi connectivity index (χ2v) is 1.80. The summed E-state index contributed by atoms with van der Waals surface area (Å²) in [5.74, 6) is 0. The van der Waals surface area contributed by atoms with Crippen LogP contribution in [0.5, 0.6) is 0 Å². The molecule has 0 atom stereocenters. The molecule has 0 fully saturated rings. The Bertz CT molecular complexity index is 31.5. The molecule has 0 aliphatic heterocycles. The van der Waals surface area contributed by atoms with Gasteiger partial charge in [0.1, 0.15) is 0 Å². The van der Waals surface area contributed by atoms with Crippen LogP contribution in [0.1, 0.15) is 1.43 Å². The Kier molecular flexibility index (Phi) is 13.1. The maximum absolute atomic E-state index is 7.33. The van der Waals surface area contributed by atoms with Crippen LogP contribution in [0.25, 0.3) is 0 Å². The molecule has 0 saturated heterocycles. The molecule has 0 aromatic heterocycles. The summed E-state index contributed by atoms with van der Waals surface area (Å²) >= 11 is 0. The van der Waals surface area contributed by atoms with Crippen molar-refractivity contribution in [3.8, 4) is 0 Å². The van der Waals surface area contributed by atoms with E-state index in [-0.39, 0.29) is 49.5 Å². The first-order chi connectivity index (χ1) is 2.00. The summed E-state index contributed by atoms with van der Waals surface area (Å²) in [6.45, 7) is 0. The van der Waals surface area contributed by atoms with Gasteiger partial charge in [-0.2, -0.15) is 0 Å². The Morgan fingerprint density at radius 3 is 1.00 bits per heavy atom. The molecular weight excluding hydrogens is 166 g/mol. The van der Waals surface area contributed by atoms with Crippen molar-refractivity contribution < 1.29 is 68.7 Å². The van der Waals surface area contributed by atoms with E-state index < -0.39 is 9.05 Å².